The molecule has 0 aromatic heterocycles. The number of nitrogens with one attached hydrogen (secondary N) is 1. The van der Waals surface area contributed by atoms with E-state index >= 15 is 0 Å². The van der Waals surface area contributed by atoms with E-state index in [0.717, 1.165) is 32.4 Å². The molecule has 1 aliphatic heterocycles. The summed E-state index contributed by atoms with van der Waals surface area (Å²) < 4.78 is 0. The lowest BCUT2D eigenvalue weighted by Crippen LogP contribution is -2.45. The summed E-state index contributed by atoms with van der Waals surface area (Å²) in [6.45, 7) is 7.99. The Labute approximate surface area is 157 Å². The summed E-state index contributed by atoms with van der Waals surface area (Å²) in [6, 6.07) is 17.1. The average Bonchev–Trinajstić information content (AvgIpc) is 3.09. The van der Waals surface area contributed by atoms with Crippen molar-refractivity contribution in [3.8, 4) is 0 Å². The van der Waals surface area contributed by atoms with Gasteiger partial charge in [-0.2, -0.15) is 0 Å². The van der Waals surface area contributed by atoms with E-state index in [1.165, 1.54) is 22.4 Å². The van der Waals surface area contributed by atoms with E-state index in [2.05, 4.69) is 72.6 Å². The molecule has 3 rings (SSSR count). The maximum Gasteiger partial charge on any atom is 0.242 e. The molecule has 2 aromatic carbocycles. The van der Waals surface area contributed by atoms with Crippen molar-refractivity contribution in [2.75, 3.05) is 18.0 Å². The highest BCUT2D eigenvalue weighted by Crippen LogP contribution is 2.29. The maximum atomic E-state index is 12.6. The summed E-state index contributed by atoms with van der Waals surface area (Å²) in [5.74, 6) is 0.624. The molecule has 138 valence electrons. The number of anilines is 1. The summed E-state index contributed by atoms with van der Waals surface area (Å²) >= 11 is 0. The zero-order chi connectivity index (χ0) is 18.5. The molecule has 1 heterocycles. The minimum Gasteiger partial charge on any atom is -0.359 e. The molecule has 0 saturated carbocycles. The van der Waals surface area contributed by atoms with Crippen molar-refractivity contribution in [1.82, 2.24) is 5.32 Å². The number of fused-ring (bicyclic) bond motifs is 1. The Morgan fingerprint density at radius 3 is 2.62 bits per heavy atom. The Morgan fingerprint density at radius 2 is 1.88 bits per heavy atom. The molecule has 3 nitrogen and oxygen atoms in total. The van der Waals surface area contributed by atoms with E-state index in [4.69, 9.17) is 0 Å². The molecule has 0 saturated heterocycles. The van der Waals surface area contributed by atoms with Gasteiger partial charge in [0.2, 0.25) is 5.91 Å². The first-order chi connectivity index (χ1) is 12.6. The number of hydrogen-bond acceptors (Lipinski definition) is 2. The van der Waals surface area contributed by atoms with Crippen molar-refractivity contribution in [2.45, 2.75) is 52.0 Å². The van der Waals surface area contributed by atoms with Crippen LogP contribution in [0.2, 0.25) is 0 Å². The molecule has 0 aliphatic carbocycles. The number of para-hydroxylation sites is 1. The van der Waals surface area contributed by atoms with Gasteiger partial charge in [-0.15, -0.1) is 0 Å². The van der Waals surface area contributed by atoms with E-state index < -0.39 is 0 Å². The van der Waals surface area contributed by atoms with Crippen molar-refractivity contribution >= 4 is 11.6 Å². The van der Waals surface area contributed by atoms with Crippen LogP contribution >= 0.6 is 0 Å². The van der Waals surface area contributed by atoms with Gasteiger partial charge in [-0.25, -0.2) is 0 Å². The van der Waals surface area contributed by atoms with Crippen molar-refractivity contribution in [1.29, 1.82) is 0 Å². The van der Waals surface area contributed by atoms with Crippen LogP contribution in [-0.2, 0) is 11.2 Å². The Kier molecular flexibility index (Phi) is 5.97. The van der Waals surface area contributed by atoms with Gasteiger partial charge in [0, 0.05) is 18.8 Å². The number of carbonyl (C=O) groups excluding carboxylic acids is 1. The smallest absolute Gasteiger partial charge is 0.242 e. The van der Waals surface area contributed by atoms with Crippen molar-refractivity contribution in [3.05, 3.63) is 65.2 Å². The van der Waals surface area contributed by atoms with Crippen molar-refractivity contribution in [2.24, 2.45) is 0 Å². The Balaban J connectivity index is 1.53. The van der Waals surface area contributed by atoms with Crippen LogP contribution in [0.15, 0.2) is 48.5 Å². The van der Waals surface area contributed by atoms with Gasteiger partial charge < -0.3 is 10.2 Å². The van der Waals surface area contributed by atoms with Gasteiger partial charge in [-0.1, -0.05) is 55.0 Å². The topological polar surface area (TPSA) is 32.3 Å². The fourth-order valence-corrected chi connectivity index (χ4v) is 3.87. The molecule has 1 N–H and O–H groups in total. The van der Waals surface area contributed by atoms with Gasteiger partial charge in [0.25, 0.3) is 0 Å². The van der Waals surface area contributed by atoms with Gasteiger partial charge in [0.05, 0.1) is 0 Å². The monoisotopic (exact) mass is 350 g/mol. The zero-order valence-electron chi connectivity index (χ0n) is 16.2. The molecule has 3 heteroatoms. The van der Waals surface area contributed by atoms with Crippen LogP contribution in [0.4, 0.5) is 5.69 Å². The van der Waals surface area contributed by atoms with E-state index in [9.17, 15) is 4.79 Å². The molecule has 0 bridgehead atoms. The number of hydrogen-bond donors (Lipinski definition) is 1. The molecule has 1 amide bonds. The molecular formula is C23H30N2O. The van der Waals surface area contributed by atoms with E-state index in [1.807, 2.05) is 6.92 Å². The van der Waals surface area contributed by atoms with Gasteiger partial charge >= 0.3 is 0 Å². The summed E-state index contributed by atoms with van der Waals surface area (Å²) in [7, 11) is 0. The lowest BCUT2D eigenvalue weighted by Gasteiger charge is -2.26. The highest BCUT2D eigenvalue weighted by atomic mass is 16.2. The van der Waals surface area contributed by atoms with Crippen LogP contribution in [0, 0.1) is 6.92 Å². The Hall–Kier alpha value is -2.29. The van der Waals surface area contributed by atoms with Crippen molar-refractivity contribution < 1.29 is 4.79 Å². The van der Waals surface area contributed by atoms with Crippen LogP contribution in [0.5, 0.6) is 0 Å². The van der Waals surface area contributed by atoms with Crippen LogP contribution < -0.4 is 10.2 Å². The molecule has 2 aromatic rings. The molecule has 26 heavy (non-hydrogen) atoms. The number of carbonyl (C=O) groups is 1. The van der Waals surface area contributed by atoms with Crippen molar-refractivity contribution in [3.63, 3.8) is 0 Å². The summed E-state index contributed by atoms with van der Waals surface area (Å²) in [4.78, 5) is 14.9. The third-order valence-electron chi connectivity index (χ3n) is 5.60. The second-order valence-electron chi connectivity index (χ2n) is 7.34. The van der Waals surface area contributed by atoms with Crippen LogP contribution in [0.1, 0.15) is 49.3 Å². The second kappa shape index (κ2) is 8.39. The van der Waals surface area contributed by atoms with Gasteiger partial charge in [0.1, 0.15) is 6.04 Å². The Bertz CT molecular complexity index is 738. The number of rotatable bonds is 7. The standard InChI is InChI=1S/C23H30N2O/c1-4-19(20-11-9-17(2)10-12-20)13-15-24-23(26)18(3)25-16-14-21-7-5-6-8-22(21)25/h5-12,18-19H,4,13-16H2,1-3H3,(H,24,26)/t18-,19?/m0/s1. The van der Waals surface area contributed by atoms with Crippen LogP contribution in [0.3, 0.4) is 0 Å². The molecule has 0 spiro atoms. The average molecular weight is 351 g/mol. The molecule has 1 aliphatic rings. The third kappa shape index (κ3) is 4.09. The van der Waals surface area contributed by atoms with Gasteiger partial charge in [0.15, 0.2) is 0 Å². The fourth-order valence-electron chi connectivity index (χ4n) is 3.87. The quantitative estimate of drug-likeness (QED) is 0.800. The predicted molar refractivity (Wildman–Crippen MR) is 109 cm³/mol. The maximum absolute atomic E-state index is 12.6. The van der Waals surface area contributed by atoms with Crippen LogP contribution in [-0.4, -0.2) is 25.0 Å². The van der Waals surface area contributed by atoms with Gasteiger partial charge in [-0.05, 0) is 56.2 Å². The van der Waals surface area contributed by atoms with Gasteiger partial charge in [-0.3, -0.25) is 4.79 Å². The molecule has 2 atom stereocenters. The molecular weight excluding hydrogens is 320 g/mol. The number of amides is 1. The zero-order valence-corrected chi connectivity index (χ0v) is 16.2. The number of benzene rings is 2. The molecule has 0 fully saturated rings. The first kappa shape index (κ1) is 18.5. The predicted octanol–water partition coefficient (Wildman–Crippen LogP) is 4.45. The first-order valence-electron chi connectivity index (χ1n) is 9.79. The highest BCUT2D eigenvalue weighted by molar-refractivity contribution is 5.85. The minimum atomic E-state index is -0.127. The molecule has 1 unspecified atom stereocenters. The summed E-state index contributed by atoms with van der Waals surface area (Å²) in [5, 5.41) is 3.16. The highest BCUT2D eigenvalue weighted by Gasteiger charge is 2.27. The van der Waals surface area contributed by atoms with Crippen LogP contribution in [0.25, 0.3) is 0 Å². The lowest BCUT2D eigenvalue weighted by molar-refractivity contribution is -0.122. The third-order valence-corrected chi connectivity index (χ3v) is 5.60. The fraction of sp³-hybridized carbons (Fsp3) is 0.435. The SMILES string of the molecule is CCC(CCNC(=O)[C@H](C)N1CCc2ccccc21)c1ccc(C)cc1. The number of nitrogens with zero attached hydrogens (tertiary/aromatic N) is 1. The summed E-state index contributed by atoms with van der Waals surface area (Å²) in [5.41, 5.74) is 5.21. The minimum absolute atomic E-state index is 0.125. The van der Waals surface area contributed by atoms with E-state index in [-0.39, 0.29) is 11.9 Å². The number of aryl methyl sites for hydroxylation is 1. The molecule has 0 radical (unpaired) electrons. The lowest BCUT2D eigenvalue weighted by atomic mass is 9.92. The summed E-state index contributed by atoms with van der Waals surface area (Å²) in [6.07, 6.45) is 3.10. The Morgan fingerprint density at radius 1 is 1.15 bits per heavy atom. The second-order valence-corrected chi connectivity index (χ2v) is 7.34. The van der Waals surface area contributed by atoms with E-state index in [0.29, 0.717) is 5.92 Å². The first-order valence-corrected chi connectivity index (χ1v) is 9.79. The van der Waals surface area contributed by atoms with E-state index in [1.54, 1.807) is 0 Å². The normalized spacial score (nSPS) is 15.4. The largest absolute Gasteiger partial charge is 0.359 e.